The van der Waals surface area contributed by atoms with Crippen molar-refractivity contribution in [1.82, 2.24) is 5.32 Å². The number of carbonyl (C=O) groups excluding carboxylic acids is 1. The Hall–Kier alpha value is -2.26. The molecular formula is C17H16ClNO2. The van der Waals surface area contributed by atoms with E-state index in [0.29, 0.717) is 11.6 Å². The second-order valence-electron chi connectivity index (χ2n) is 4.42. The number of hydrogen-bond donors (Lipinski definition) is 1. The van der Waals surface area contributed by atoms with Crippen molar-refractivity contribution in [2.24, 2.45) is 0 Å². The molecule has 0 saturated heterocycles. The third kappa shape index (κ3) is 4.65. The second kappa shape index (κ2) is 7.50. The minimum absolute atomic E-state index is 0.161. The van der Waals surface area contributed by atoms with Crippen LogP contribution in [0.15, 0.2) is 54.6 Å². The SMILES string of the molecule is COc1ccc(C=CC(=O)NCc2ccccc2Cl)cc1. The van der Waals surface area contributed by atoms with Crippen molar-refractivity contribution >= 4 is 23.6 Å². The summed E-state index contributed by atoms with van der Waals surface area (Å²) >= 11 is 6.03. The first-order valence-corrected chi connectivity index (χ1v) is 6.90. The number of benzene rings is 2. The van der Waals surface area contributed by atoms with Crippen molar-refractivity contribution in [3.63, 3.8) is 0 Å². The summed E-state index contributed by atoms with van der Waals surface area (Å²) in [5.41, 5.74) is 1.83. The van der Waals surface area contributed by atoms with E-state index in [-0.39, 0.29) is 5.91 Å². The van der Waals surface area contributed by atoms with Crippen LogP contribution in [0.4, 0.5) is 0 Å². The van der Waals surface area contributed by atoms with Crippen LogP contribution in [0.2, 0.25) is 5.02 Å². The average molecular weight is 302 g/mol. The molecule has 0 aliphatic rings. The molecular weight excluding hydrogens is 286 g/mol. The molecule has 21 heavy (non-hydrogen) atoms. The summed E-state index contributed by atoms with van der Waals surface area (Å²) in [7, 11) is 1.62. The van der Waals surface area contributed by atoms with Crippen molar-refractivity contribution in [2.45, 2.75) is 6.54 Å². The van der Waals surface area contributed by atoms with Gasteiger partial charge in [0.25, 0.3) is 0 Å². The first-order chi connectivity index (χ1) is 10.2. The molecule has 0 heterocycles. The van der Waals surface area contributed by atoms with Crippen molar-refractivity contribution in [3.8, 4) is 5.75 Å². The predicted molar refractivity (Wildman–Crippen MR) is 85.3 cm³/mol. The summed E-state index contributed by atoms with van der Waals surface area (Å²) in [6.45, 7) is 0.408. The van der Waals surface area contributed by atoms with E-state index in [2.05, 4.69) is 5.32 Å². The van der Waals surface area contributed by atoms with Crippen molar-refractivity contribution in [1.29, 1.82) is 0 Å². The van der Waals surface area contributed by atoms with E-state index in [1.807, 2.05) is 42.5 Å². The number of amides is 1. The number of methoxy groups -OCH3 is 1. The van der Waals surface area contributed by atoms with Crippen molar-refractivity contribution in [2.75, 3.05) is 7.11 Å². The van der Waals surface area contributed by atoms with Crippen LogP contribution in [-0.2, 0) is 11.3 Å². The molecule has 0 bridgehead atoms. The van der Waals surface area contributed by atoms with Gasteiger partial charge >= 0.3 is 0 Å². The van der Waals surface area contributed by atoms with Crippen molar-refractivity contribution < 1.29 is 9.53 Å². The van der Waals surface area contributed by atoms with E-state index in [0.717, 1.165) is 16.9 Å². The second-order valence-corrected chi connectivity index (χ2v) is 4.82. The van der Waals surface area contributed by atoms with Crippen molar-refractivity contribution in [3.05, 3.63) is 70.8 Å². The van der Waals surface area contributed by atoms with Crippen LogP contribution in [0.1, 0.15) is 11.1 Å². The van der Waals surface area contributed by atoms with Crippen LogP contribution in [-0.4, -0.2) is 13.0 Å². The Morgan fingerprint density at radius 3 is 2.57 bits per heavy atom. The highest BCUT2D eigenvalue weighted by Gasteiger charge is 2.00. The molecule has 0 aliphatic heterocycles. The molecule has 1 amide bonds. The fourth-order valence-electron chi connectivity index (χ4n) is 1.77. The summed E-state index contributed by atoms with van der Waals surface area (Å²) in [6, 6.07) is 14.9. The number of halogens is 1. The quantitative estimate of drug-likeness (QED) is 0.856. The topological polar surface area (TPSA) is 38.3 Å². The molecule has 3 nitrogen and oxygen atoms in total. The Bertz CT molecular complexity index is 635. The minimum atomic E-state index is -0.161. The van der Waals surface area contributed by atoms with E-state index in [9.17, 15) is 4.79 Å². The molecule has 2 aromatic rings. The molecule has 0 spiro atoms. The fraction of sp³-hybridized carbons (Fsp3) is 0.118. The largest absolute Gasteiger partial charge is 0.497 e. The van der Waals surface area contributed by atoms with Gasteiger partial charge in [-0.05, 0) is 35.4 Å². The molecule has 0 fully saturated rings. The Balaban J connectivity index is 1.89. The lowest BCUT2D eigenvalue weighted by atomic mass is 10.2. The van der Waals surface area contributed by atoms with Gasteiger partial charge in [0.05, 0.1) is 7.11 Å². The van der Waals surface area contributed by atoms with Crippen LogP contribution in [0.25, 0.3) is 6.08 Å². The highest BCUT2D eigenvalue weighted by atomic mass is 35.5. The normalized spacial score (nSPS) is 10.6. The molecule has 108 valence electrons. The first-order valence-electron chi connectivity index (χ1n) is 6.52. The van der Waals surface area contributed by atoms with Gasteiger partial charge in [0.1, 0.15) is 5.75 Å². The number of ether oxygens (including phenoxy) is 1. The number of hydrogen-bond acceptors (Lipinski definition) is 2. The van der Waals surface area contributed by atoms with Crippen LogP contribution >= 0.6 is 11.6 Å². The lowest BCUT2D eigenvalue weighted by molar-refractivity contribution is -0.116. The van der Waals surface area contributed by atoms with E-state index in [1.54, 1.807) is 19.3 Å². The molecule has 1 N–H and O–H groups in total. The fourth-order valence-corrected chi connectivity index (χ4v) is 1.97. The monoisotopic (exact) mass is 301 g/mol. The summed E-state index contributed by atoms with van der Waals surface area (Å²) < 4.78 is 5.08. The standard InChI is InChI=1S/C17H16ClNO2/c1-21-15-9-6-13(7-10-15)8-11-17(20)19-12-14-4-2-3-5-16(14)18/h2-11H,12H2,1H3,(H,19,20). The van der Waals surface area contributed by atoms with Crippen LogP contribution in [0, 0.1) is 0 Å². The highest BCUT2D eigenvalue weighted by Crippen LogP contribution is 2.14. The third-order valence-corrected chi connectivity index (χ3v) is 3.32. The van der Waals surface area contributed by atoms with Gasteiger partial charge in [-0.25, -0.2) is 0 Å². The maximum Gasteiger partial charge on any atom is 0.244 e. The molecule has 0 aliphatic carbocycles. The zero-order chi connectivity index (χ0) is 15.1. The van der Waals surface area contributed by atoms with Gasteiger partial charge in [0, 0.05) is 17.6 Å². The van der Waals surface area contributed by atoms with Gasteiger partial charge in [0.2, 0.25) is 5.91 Å². The number of nitrogens with one attached hydrogen (secondary N) is 1. The maximum absolute atomic E-state index is 11.8. The molecule has 0 atom stereocenters. The molecule has 4 heteroatoms. The van der Waals surface area contributed by atoms with Gasteiger partial charge in [-0.2, -0.15) is 0 Å². The third-order valence-electron chi connectivity index (χ3n) is 2.95. The lowest BCUT2D eigenvalue weighted by Gasteiger charge is -2.04. The van der Waals surface area contributed by atoms with Crippen LogP contribution in [0.3, 0.4) is 0 Å². The Morgan fingerprint density at radius 1 is 1.19 bits per heavy atom. The van der Waals surface area contributed by atoms with Gasteiger partial charge < -0.3 is 10.1 Å². The highest BCUT2D eigenvalue weighted by molar-refractivity contribution is 6.31. The van der Waals surface area contributed by atoms with E-state index >= 15 is 0 Å². The molecule has 2 rings (SSSR count). The molecule has 2 aromatic carbocycles. The smallest absolute Gasteiger partial charge is 0.244 e. The van der Waals surface area contributed by atoms with E-state index in [4.69, 9.17) is 16.3 Å². The van der Waals surface area contributed by atoms with Gasteiger partial charge in [-0.1, -0.05) is 41.9 Å². The van der Waals surface area contributed by atoms with E-state index < -0.39 is 0 Å². The van der Waals surface area contributed by atoms with Gasteiger partial charge in [0.15, 0.2) is 0 Å². The predicted octanol–water partition coefficient (Wildman–Crippen LogP) is 3.68. The molecule has 0 saturated carbocycles. The Labute approximate surface area is 129 Å². The summed E-state index contributed by atoms with van der Waals surface area (Å²) in [5, 5.41) is 3.45. The van der Waals surface area contributed by atoms with Gasteiger partial charge in [-0.3, -0.25) is 4.79 Å². The average Bonchev–Trinajstić information content (AvgIpc) is 2.52. The summed E-state index contributed by atoms with van der Waals surface area (Å²) in [6.07, 6.45) is 3.25. The molecule has 0 unspecified atom stereocenters. The maximum atomic E-state index is 11.8. The molecule has 0 aromatic heterocycles. The minimum Gasteiger partial charge on any atom is -0.497 e. The Kier molecular flexibility index (Phi) is 5.41. The Morgan fingerprint density at radius 2 is 1.90 bits per heavy atom. The van der Waals surface area contributed by atoms with E-state index in [1.165, 1.54) is 6.08 Å². The van der Waals surface area contributed by atoms with Crippen LogP contribution in [0.5, 0.6) is 5.75 Å². The molecule has 0 radical (unpaired) electrons. The summed E-state index contributed by atoms with van der Waals surface area (Å²) in [5.74, 6) is 0.626. The van der Waals surface area contributed by atoms with Crippen LogP contribution < -0.4 is 10.1 Å². The zero-order valence-electron chi connectivity index (χ0n) is 11.7. The zero-order valence-corrected chi connectivity index (χ0v) is 12.4. The first kappa shape index (κ1) is 15.1. The number of carbonyl (C=O) groups is 1. The number of rotatable bonds is 5. The van der Waals surface area contributed by atoms with Gasteiger partial charge in [-0.15, -0.1) is 0 Å². The summed E-state index contributed by atoms with van der Waals surface area (Å²) in [4.78, 5) is 11.8. The lowest BCUT2D eigenvalue weighted by Crippen LogP contribution is -2.20.